The SMILES string of the molecule is Br.Clc1ccc2nc(CSc3nncn3-c3ccccc3)cn2c1. The van der Waals surface area contributed by atoms with E-state index in [1.165, 1.54) is 0 Å². The largest absolute Gasteiger partial charge is 0.305 e. The van der Waals surface area contributed by atoms with Crippen LogP contribution in [0.25, 0.3) is 11.3 Å². The molecule has 0 saturated carbocycles. The Morgan fingerprint density at radius 3 is 2.71 bits per heavy atom. The van der Waals surface area contributed by atoms with Crippen molar-refractivity contribution in [3.05, 3.63) is 71.9 Å². The molecule has 0 fully saturated rings. The first kappa shape index (κ1) is 17.0. The second kappa shape index (κ2) is 7.38. The van der Waals surface area contributed by atoms with Crippen molar-refractivity contribution in [1.82, 2.24) is 24.1 Å². The van der Waals surface area contributed by atoms with Crippen LogP contribution in [-0.2, 0) is 5.75 Å². The summed E-state index contributed by atoms with van der Waals surface area (Å²) in [7, 11) is 0. The number of aromatic nitrogens is 5. The molecule has 3 aromatic heterocycles. The maximum absolute atomic E-state index is 6.00. The number of fused-ring (bicyclic) bond motifs is 1. The number of para-hydroxylation sites is 1. The van der Waals surface area contributed by atoms with Gasteiger partial charge in [-0.15, -0.1) is 27.2 Å². The third kappa shape index (κ3) is 3.48. The molecule has 0 aliphatic carbocycles. The van der Waals surface area contributed by atoms with Crippen LogP contribution in [0, 0.1) is 0 Å². The second-order valence-corrected chi connectivity index (χ2v) is 6.33. The van der Waals surface area contributed by atoms with Gasteiger partial charge in [-0.2, -0.15) is 0 Å². The van der Waals surface area contributed by atoms with E-state index < -0.39 is 0 Å². The lowest BCUT2D eigenvalue weighted by atomic mass is 10.3. The summed E-state index contributed by atoms with van der Waals surface area (Å²) >= 11 is 7.60. The van der Waals surface area contributed by atoms with Gasteiger partial charge < -0.3 is 4.40 Å². The van der Waals surface area contributed by atoms with Crippen LogP contribution < -0.4 is 0 Å². The van der Waals surface area contributed by atoms with E-state index in [0.29, 0.717) is 10.8 Å². The average Bonchev–Trinajstić information content (AvgIpc) is 3.19. The van der Waals surface area contributed by atoms with Gasteiger partial charge in [-0.1, -0.05) is 41.6 Å². The third-order valence-corrected chi connectivity index (χ3v) is 4.57. The Balaban J connectivity index is 0.00000169. The van der Waals surface area contributed by atoms with E-state index in [1.807, 2.05) is 63.8 Å². The van der Waals surface area contributed by atoms with Gasteiger partial charge in [0.05, 0.1) is 10.7 Å². The molecule has 3 heterocycles. The molecule has 8 heteroatoms. The number of imidazole rings is 1. The summed E-state index contributed by atoms with van der Waals surface area (Å²) < 4.78 is 3.90. The van der Waals surface area contributed by atoms with Crippen LogP contribution in [0.2, 0.25) is 5.02 Å². The summed E-state index contributed by atoms with van der Waals surface area (Å²) in [6.45, 7) is 0. The highest BCUT2D eigenvalue weighted by Crippen LogP contribution is 2.23. The average molecular weight is 423 g/mol. The van der Waals surface area contributed by atoms with Crippen LogP contribution >= 0.6 is 40.3 Å². The number of pyridine rings is 1. The van der Waals surface area contributed by atoms with Gasteiger partial charge in [0.1, 0.15) is 12.0 Å². The molecule has 5 nitrogen and oxygen atoms in total. The van der Waals surface area contributed by atoms with Crippen molar-refractivity contribution in [3.8, 4) is 5.69 Å². The van der Waals surface area contributed by atoms with Crippen LogP contribution in [-0.4, -0.2) is 24.1 Å². The fourth-order valence-electron chi connectivity index (χ4n) is 2.31. The normalized spacial score (nSPS) is 10.7. The highest BCUT2D eigenvalue weighted by molar-refractivity contribution is 8.93. The van der Waals surface area contributed by atoms with Gasteiger partial charge in [0.2, 0.25) is 0 Å². The van der Waals surface area contributed by atoms with Crippen LogP contribution in [0.15, 0.2) is 66.3 Å². The minimum absolute atomic E-state index is 0. The zero-order valence-electron chi connectivity index (χ0n) is 12.4. The van der Waals surface area contributed by atoms with Crippen molar-refractivity contribution in [2.45, 2.75) is 10.9 Å². The Morgan fingerprint density at radius 2 is 1.88 bits per heavy atom. The number of hydrogen-bond acceptors (Lipinski definition) is 4. The number of halogens is 2. The van der Waals surface area contributed by atoms with E-state index in [-0.39, 0.29) is 17.0 Å². The molecule has 0 unspecified atom stereocenters. The van der Waals surface area contributed by atoms with E-state index in [1.54, 1.807) is 18.1 Å². The molecule has 122 valence electrons. The predicted molar refractivity (Wildman–Crippen MR) is 101 cm³/mol. The number of nitrogens with zero attached hydrogens (tertiary/aromatic N) is 5. The van der Waals surface area contributed by atoms with Crippen LogP contribution in [0.1, 0.15) is 5.69 Å². The monoisotopic (exact) mass is 421 g/mol. The molecule has 0 spiro atoms. The fourth-order valence-corrected chi connectivity index (χ4v) is 3.29. The Labute approximate surface area is 158 Å². The molecule has 24 heavy (non-hydrogen) atoms. The van der Waals surface area contributed by atoms with E-state index in [2.05, 4.69) is 15.2 Å². The maximum atomic E-state index is 6.00. The van der Waals surface area contributed by atoms with Crippen LogP contribution in [0.4, 0.5) is 0 Å². The van der Waals surface area contributed by atoms with Gasteiger partial charge in [-0.25, -0.2) is 4.98 Å². The first-order valence-corrected chi connectivity index (χ1v) is 8.37. The predicted octanol–water partition coefficient (Wildman–Crippen LogP) is 4.44. The highest BCUT2D eigenvalue weighted by Gasteiger charge is 2.09. The second-order valence-electron chi connectivity index (χ2n) is 4.95. The zero-order chi connectivity index (χ0) is 15.6. The van der Waals surface area contributed by atoms with Gasteiger partial charge >= 0.3 is 0 Å². The molecule has 0 amide bonds. The smallest absolute Gasteiger partial charge is 0.195 e. The zero-order valence-corrected chi connectivity index (χ0v) is 15.7. The number of benzene rings is 1. The molecule has 0 aliphatic heterocycles. The molecule has 0 N–H and O–H groups in total. The Hall–Kier alpha value is -1.83. The third-order valence-electron chi connectivity index (χ3n) is 3.36. The lowest BCUT2D eigenvalue weighted by Gasteiger charge is -2.04. The van der Waals surface area contributed by atoms with Crippen LogP contribution in [0.3, 0.4) is 0 Å². The molecule has 4 rings (SSSR count). The lowest BCUT2D eigenvalue weighted by molar-refractivity contribution is 0.883. The topological polar surface area (TPSA) is 48.0 Å². The Morgan fingerprint density at radius 1 is 1.04 bits per heavy atom. The van der Waals surface area contributed by atoms with Crippen molar-refractivity contribution in [1.29, 1.82) is 0 Å². The lowest BCUT2D eigenvalue weighted by Crippen LogP contribution is -1.94. The summed E-state index contributed by atoms with van der Waals surface area (Å²) in [5.41, 5.74) is 2.90. The fraction of sp³-hybridized carbons (Fsp3) is 0.0625. The minimum Gasteiger partial charge on any atom is -0.305 e. The maximum Gasteiger partial charge on any atom is 0.195 e. The van der Waals surface area contributed by atoms with Gasteiger partial charge in [-0.05, 0) is 24.3 Å². The first-order chi connectivity index (χ1) is 11.3. The van der Waals surface area contributed by atoms with E-state index in [0.717, 1.165) is 22.2 Å². The van der Waals surface area contributed by atoms with Crippen molar-refractivity contribution >= 4 is 46.0 Å². The molecule has 0 aliphatic rings. The molecule has 1 aromatic carbocycles. The quantitative estimate of drug-likeness (QED) is 0.456. The van der Waals surface area contributed by atoms with E-state index >= 15 is 0 Å². The van der Waals surface area contributed by atoms with Gasteiger partial charge in [-0.3, -0.25) is 4.57 Å². The highest BCUT2D eigenvalue weighted by atomic mass is 79.9. The molecule has 0 atom stereocenters. The van der Waals surface area contributed by atoms with Gasteiger partial charge in [0.15, 0.2) is 5.16 Å². The van der Waals surface area contributed by atoms with Crippen molar-refractivity contribution < 1.29 is 0 Å². The van der Waals surface area contributed by atoms with Gasteiger partial charge in [0.25, 0.3) is 0 Å². The molecular formula is C16H13BrClN5S. The van der Waals surface area contributed by atoms with Gasteiger partial charge in [0, 0.05) is 23.8 Å². The first-order valence-electron chi connectivity index (χ1n) is 7.01. The Bertz CT molecular complexity index is 953. The minimum atomic E-state index is 0. The summed E-state index contributed by atoms with van der Waals surface area (Å²) in [5.74, 6) is 0.713. The molecule has 0 saturated heterocycles. The van der Waals surface area contributed by atoms with Crippen molar-refractivity contribution in [2.24, 2.45) is 0 Å². The van der Waals surface area contributed by atoms with Crippen molar-refractivity contribution in [3.63, 3.8) is 0 Å². The number of rotatable bonds is 4. The Kier molecular flexibility index (Phi) is 5.23. The summed E-state index contributed by atoms with van der Waals surface area (Å²) in [6, 6.07) is 13.8. The van der Waals surface area contributed by atoms with E-state index in [9.17, 15) is 0 Å². The summed E-state index contributed by atoms with van der Waals surface area (Å²) in [5, 5.41) is 9.74. The summed E-state index contributed by atoms with van der Waals surface area (Å²) in [6.07, 6.45) is 5.56. The van der Waals surface area contributed by atoms with Crippen molar-refractivity contribution in [2.75, 3.05) is 0 Å². The molecule has 4 aromatic rings. The molecular weight excluding hydrogens is 410 g/mol. The molecule has 0 radical (unpaired) electrons. The molecule has 0 bridgehead atoms. The number of hydrogen-bond donors (Lipinski definition) is 0. The van der Waals surface area contributed by atoms with E-state index in [4.69, 9.17) is 11.6 Å². The van der Waals surface area contributed by atoms with Crippen LogP contribution in [0.5, 0.6) is 0 Å². The number of thioether (sulfide) groups is 1. The standard InChI is InChI=1S/C16H12ClN5S.BrH/c17-12-6-7-15-19-13(9-21(15)8-12)10-23-16-20-18-11-22(16)14-4-2-1-3-5-14;/h1-9,11H,10H2;1H. The summed E-state index contributed by atoms with van der Waals surface area (Å²) in [4.78, 5) is 4.58.